The van der Waals surface area contributed by atoms with E-state index in [1.165, 1.54) is 102 Å². The number of carboxylic acids is 2. The van der Waals surface area contributed by atoms with Crippen LogP contribution in [0.15, 0.2) is 24.3 Å². The molecule has 0 aromatic heterocycles. The van der Waals surface area contributed by atoms with Gasteiger partial charge in [-0.1, -0.05) is 188 Å². The zero-order valence-corrected chi connectivity index (χ0v) is 30.3. The molecule has 0 heterocycles. The molecule has 0 atom stereocenters. The van der Waals surface area contributed by atoms with Gasteiger partial charge in [0.15, 0.2) is 0 Å². The Kier molecular flexibility index (Phi) is 47.0. The second-order valence-corrected chi connectivity index (χ2v) is 10.5. The molecule has 0 aliphatic heterocycles. The van der Waals surface area contributed by atoms with Gasteiger partial charge in [-0.05, 0) is 30.4 Å². The molecular weight excluding hydrogens is 615 g/mol. The smallest absolute Gasteiger partial charge is 0.550 e. The monoisotopic (exact) mass is 680 g/mol. The number of aliphatic carboxylic acids is 1. The fourth-order valence-electron chi connectivity index (χ4n) is 3.74. The molecule has 0 unspecified atom stereocenters. The molecule has 0 saturated heterocycles. The largest absolute Gasteiger partial charge is 2.00 e. The molecule has 1 rings (SSSR count). The SMILES string of the molecule is CCCCCCCCCCCCCCCCCC(=O)[O-].CCCc1ccc(C(=O)[O-])cc1.[CH2]CCC.[CH2]CCC.[Sn+2]. The van der Waals surface area contributed by atoms with Crippen LogP contribution in [-0.4, -0.2) is 35.8 Å². The first-order chi connectivity index (χ1) is 19.3. The number of carbonyl (C=O) groups excluding carboxylic acids is 2. The number of carboxylic acid groups (broad SMARTS) is 2. The van der Waals surface area contributed by atoms with E-state index in [9.17, 15) is 19.8 Å². The van der Waals surface area contributed by atoms with E-state index < -0.39 is 11.9 Å². The van der Waals surface area contributed by atoms with Crippen molar-refractivity contribution in [2.75, 3.05) is 0 Å². The van der Waals surface area contributed by atoms with Gasteiger partial charge in [0.2, 0.25) is 0 Å². The van der Waals surface area contributed by atoms with Crippen molar-refractivity contribution in [2.45, 2.75) is 169 Å². The maximum atomic E-state index is 10.4. The molecule has 0 aliphatic carbocycles. The molecule has 1 aromatic carbocycles. The predicted octanol–water partition coefficient (Wildman–Crippen LogP) is 8.86. The number of aryl methyl sites for hydroxylation is 1. The Bertz CT molecular complexity index is 623. The average Bonchev–Trinajstić information content (AvgIpc) is 2.96. The molecule has 1 aromatic rings. The summed E-state index contributed by atoms with van der Waals surface area (Å²) in [7, 11) is 0. The molecule has 236 valence electrons. The van der Waals surface area contributed by atoms with E-state index in [0.29, 0.717) is 0 Å². The van der Waals surface area contributed by atoms with Crippen molar-refractivity contribution in [3.8, 4) is 0 Å². The third-order valence-corrected chi connectivity index (χ3v) is 6.42. The van der Waals surface area contributed by atoms with Crippen LogP contribution in [0.2, 0.25) is 0 Å². The standard InChI is InChI=1S/C18H36O2.C10H12O2.2C4H9.Sn/c1-2-3-4-5-6-7-8-9-10-11-12-13-14-15-16-17-18(19)20;1-2-3-8-4-6-9(7-5-8)10(11)12;2*1-3-4-2;/h2-17H2,1H3,(H,19,20);4-7H,2-3H2,1H3,(H,11,12);2*1,3-4H2,2H3;/q;;;;+2/p-2. The molecule has 0 spiro atoms. The quantitative estimate of drug-likeness (QED) is 0.0961. The van der Waals surface area contributed by atoms with E-state index in [2.05, 4.69) is 41.5 Å². The summed E-state index contributed by atoms with van der Waals surface area (Å²) in [4.78, 5) is 20.6. The van der Waals surface area contributed by atoms with Crippen molar-refractivity contribution in [1.29, 1.82) is 0 Å². The number of unbranched alkanes of at least 4 members (excludes halogenated alkanes) is 16. The third kappa shape index (κ3) is 43.5. The molecule has 41 heavy (non-hydrogen) atoms. The van der Waals surface area contributed by atoms with Crippen LogP contribution in [0.4, 0.5) is 0 Å². The van der Waals surface area contributed by atoms with Gasteiger partial charge < -0.3 is 19.8 Å². The second kappa shape index (κ2) is 41.1. The van der Waals surface area contributed by atoms with Gasteiger partial charge in [0.05, 0.1) is 5.97 Å². The first kappa shape index (κ1) is 46.9. The second-order valence-electron chi connectivity index (χ2n) is 10.5. The van der Waals surface area contributed by atoms with Crippen LogP contribution in [0.25, 0.3) is 0 Å². The zero-order valence-electron chi connectivity index (χ0n) is 27.4. The maximum absolute atomic E-state index is 10.4. The number of benzene rings is 1. The first-order valence-corrected chi connectivity index (χ1v) is 16.4. The van der Waals surface area contributed by atoms with Gasteiger partial charge in [0.1, 0.15) is 0 Å². The van der Waals surface area contributed by atoms with Gasteiger partial charge in [-0.15, -0.1) is 0 Å². The summed E-state index contributed by atoms with van der Waals surface area (Å²) in [6, 6.07) is 6.82. The number of rotatable bonds is 21. The van der Waals surface area contributed by atoms with Crippen LogP contribution in [0.5, 0.6) is 0 Å². The first-order valence-electron chi connectivity index (χ1n) is 16.4. The predicted molar refractivity (Wildman–Crippen MR) is 176 cm³/mol. The van der Waals surface area contributed by atoms with Crippen molar-refractivity contribution in [3.05, 3.63) is 49.2 Å². The van der Waals surface area contributed by atoms with Crippen molar-refractivity contribution >= 4 is 35.8 Å². The third-order valence-electron chi connectivity index (χ3n) is 6.42. The zero-order chi connectivity index (χ0) is 30.7. The molecule has 0 bridgehead atoms. The van der Waals surface area contributed by atoms with Gasteiger partial charge in [0, 0.05) is 5.97 Å². The summed E-state index contributed by atoms with van der Waals surface area (Å²) in [5, 5.41) is 20.6. The van der Waals surface area contributed by atoms with Crippen molar-refractivity contribution in [2.24, 2.45) is 0 Å². The Balaban J connectivity index is -0.000000274. The Morgan fingerprint density at radius 1 is 0.561 bits per heavy atom. The van der Waals surface area contributed by atoms with E-state index in [1.54, 1.807) is 12.1 Å². The minimum atomic E-state index is -1.11. The molecule has 5 heteroatoms. The summed E-state index contributed by atoms with van der Waals surface area (Å²) in [5.41, 5.74) is 1.41. The van der Waals surface area contributed by atoms with Gasteiger partial charge in [-0.25, -0.2) is 0 Å². The molecule has 4 nitrogen and oxygen atoms in total. The van der Waals surface area contributed by atoms with E-state index in [-0.39, 0.29) is 35.9 Å². The van der Waals surface area contributed by atoms with Gasteiger partial charge >= 0.3 is 23.9 Å². The summed E-state index contributed by atoms with van der Waals surface area (Å²) >= 11 is 0. The Morgan fingerprint density at radius 2 is 0.902 bits per heavy atom. The van der Waals surface area contributed by atoms with Crippen molar-refractivity contribution in [1.82, 2.24) is 0 Å². The topological polar surface area (TPSA) is 80.3 Å². The van der Waals surface area contributed by atoms with E-state index in [0.717, 1.165) is 38.5 Å². The Hall–Kier alpha value is -1.04. The van der Waals surface area contributed by atoms with E-state index in [4.69, 9.17) is 0 Å². The maximum Gasteiger partial charge on any atom is 2.00 e. The Labute approximate surface area is 272 Å². The molecule has 0 aliphatic rings. The molecule has 4 radical (unpaired) electrons. The van der Waals surface area contributed by atoms with Gasteiger partial charge in [0.25, 0.3) is 0 Å². The average molecular weight is 680 g/mol. The number of hydrogen-bond donors (Lipinski definition) is 0. The van der Waals surface area contributed by atoms with Crippen molar-refractivity contribution < 1.29 is 19.8 Å². The van der Waals surface area contributed by atoms with E-state index in [1.807, 2.05) is 12.1 Å². The molecule has 0 amide bonds. The van der Waals surface area contributed by atoms with Crippen LogP contribution < -0.4 is 10.2 Å². The minimum Gasteiger partial charge on any atom is -0.550 e. The van der Waals surface area contributed by atoms with Crippen LogP contribution in [0, 0.1) is 13.8 Å². The number of carbonyl (C=O) groups is 2. The normalized spacial score (nSPS) is 9.61. The molecule has 0 N–H and O–H groups in total. The summed E-state index contributed by atoms with van der Waals surface area (Å²) < 4.78 is 0. The van der Waals surface area contributed by atoms with Gasteiger partial charge in [-0.3, -0.25) is 0 Å². The fraction of sp³-hybridized carbons (Fsp3) is 0.722. The molecule has 0 saturated carbocycles. The van der Waals surface area contributed by atoms with Gasteiger partial charge in [-0.2, -0.15) is 0 Å². The summed E-state index contributed by atoms with van der Waals surface area (Å²) in [5.74, 6) is -2.02. The number of aromatic carboxylic acids is 1. The molecule has 0 fully saturated rings. The fourth-order valence-corrected chi connectivity index (χ4v) is 3.74. The Morgan fingerprint density at radius 3 is 1.17 bits per heavy atom. The van der Waals surface area contributed by atoms with Crippen LogP contribution in [0.1, 0.15) is 178 Å². The van der Waals surface area contributed by atoms with E-state index >= 15 is 0 Å². The van der Waals surface area contributed by atoms with Crippen molar-refractivity contribution in [3.63, 3.8) is 0 Å². The van der Waals surface area contributed by atoms with Crippen LogP contribution in [-0.2, 0) is 11.2 Å². The minimum absolute atomic E-state index is 0. The van der Waals surface area contributed by atoms with Crippen LogP contribution >= 0.6 is 0 Å². The molecular formula is C36H64O4Sn. The van der Waals surface area contributed by atoms with Crippen LogP contribution in [0.3, 0.4) is 0 Å². The summed E-state index contributed by atoms with van der Waals surface area (Å²) in [6.45, 7) is 15.8. The number of hydrogen-bond acceptors (Lipinski definition) is 4. The summed E-state index contributed by atoms with van der Waals surface area (Å²) in [6.07, 6.45) is 26.5.